The Morgan fingerprint density at radius 3 is 1.89 bits per heavy atom. The maximum absolute atomic E-state index is 2.60. The Hall–Kier alpha value is -2.64. The van der Waals surface area contributed by atoms with Gasteiger partial charge >= 0.3 is 0 Å². The summed E-state index contributed by atoms with van der Waals surface area (Å²) < 4.78 is 0. The molecule has 0 N–H and O–H groups in total. The van der Waals surface area contributed by atoms with E-state index in [0.29, 0.717) is 11.1 Å². The first-order valence-corrected chi connectivity index (χ1v) is 13.0. The maximum Gasteiger partial charge on any atom is 0.0723 e. The van der Waals surface area contributed by atoms with Gasteiger partial charge in [-0.3, -0.25) is 0 Å². The molecule has 0 radical (unpaired) electrons. The van der Waals surface area contributed by atoms with Crippen LogP contribution in [0, 0.1) is 0 Å². The number of hydrogen-bond donors (Lipinski definition) is 0. The third-order valence-corrected chi connectivity index (χ3v) is 11.1. The van der Waals surface area contributed by atoms with E-state index in [1.54, 1.807) is 11.1 Å². The second-order valence-corrected chi connectivity index (χ2v) is 13.5. The van der Waals surface area contributed by atoms with Crippen molar-refractivity contribution in [1.29, 1.82) is 0 Å². The highest BCUT2D eigenvalue weighted by molar-refractivity contribution is 6.82. The van der Waals surface area contributed by atoms with Gasteiger partial charge in [-0.2, -0.15) is 0 Å². The first kappa shape index (κ1) is 15.4. The molecule has 4 aromatic carbocycles. The van der Waals surface area contributed by atoms with Gasteiger partial charge in [-0.1, -0.05) is 98.0 Å². The molecule has 0 nitrogen and oxygen atoms in total. The van der Waals surface area contributed by atoms with Gasteiger partial charge in [0.05, 0.1) is 8.07 Å². The van der Waals surface area contributed by atoms with Crippen molar-refractivity contribution >= 4 is 35.7 Å². The molecule has 0 saturated heterocycles. The van der Waals surface area contributed by atoms with Gasteiger partial charge in [0.15, 0.2) is 0 Å². The van der Waals surface area contributed by atoms with Gasteiger partial charge in [-0.25, -0.2) is 0 Å². The maximum atomic E-state index is 2.60. The highest BCUT2D eigenvalue weighted by atomic mass is 28.3. The van der Waals surface area contributed by atoms with E-state index in [1.807, 2.05) is 0 Å². The van der Waals surface area contributed by atoms with E-state index in [2.05, 4.69) is 98.0 Å². The van der Waals surface area contributed by atoms with Gasteiger partial charge in [0.2, 0.25) is 0 Å². The third kappa shape index (κ3) is 1.93. The summed E-state index contributed by atoms with van der Waals surface area (Å²) in [5, 5.41) is 5.79. The van der Waals surface area contributed by atoms with Crippen LogP contribution in [0.2, 0.25) is 13.1 Å². The lowest BCUT2D eigenvalue weighted by atomic mass is 10.0. The third-order valence-electron chi connectivity index (χ3n) is 6.92. The molecule has 6 rings (SSSR count). The molecule has 0 heterocycles. The summed E-state index contributed by atoms with van der Waals surface area (Å²) in [6.07, 6.45) is 4.83. The van der Waals surface area contributed by atoms with E-state index in [0.717, 1.165) is 0 Å². The van der Waals surface area contributed by atoms with Gasteiger partial charge in [0.1, 0.15) is 0 Å². The van der Waals surface area contributed by atoms with Crippen molar-refractivity contribution in [2.75, 3.05) is 0 Å². The molecular weight excluding hydrogens is 340 g/mol. The lowest BCUT2D eigenvalue weighted by molar-refractivity contribution is 1.03. The van der Waals surface area contributed by atoms with Crippen LogP contribution in [0.3, 0.4) is 0 Å². The minimum Gasteiger partial charge on any atom is -0.0791 e. The van der Waals surface area contributed by atoms with Crippen LogP contribution >= 0.6 is 0 Å². The number of allylic oxidation sites excluding steroid dienone is 1. The van der Waals surface area contributed by atoms with Crippen molar-refractivity contribution in [2.24, 2.45) is 0 Å². The molecular formula is C26H22Si. The van der Waals surface area contributed by atoms with Crippen LogP contribution in [0.25, 0.3) is 27.6 Å². The van der Waals surface area contributed by atoms with Crippen LogP contribution in [-0.4, -0.2) is 8.07 Å². The topological polar surface area (TPSA) is 0 Å². The minimum absolute atomic E-state index is 0.545. The van der Waals surface area contributed by atoms with Crippen LogP contribution in [0.5, 0.6) is 0 Å². The summed E-state index contributed by atoms with van der Waals surface area (Å²) in [7, 11) is -1.72. The first-order valence-electron chi connectivity index (χ1n) is 9.87. The zero-order valence-corrected chi connectivity index (χ0v) is 16.7. The molecule has 0 saturated carbocycles. The largest absolute Gasteiger partial charge is 0.0791 e. The predicted octanol–water partition coefficient (Wildman–Crippen LogP) is 7.04. The van der Waals surface area contributed by atoms with Crippen molar-refractivity contribution in [1.82, 2.24) is 0 Å². The fourth-order valence-corrected chi connectivity index (χ4v) is 9.84. The molecule has 27 heavy (non-hydrogen) atoms. The standard InChI is InChI=1S/C26H22Si/c1-27(2,23-16-15-17-7-3-4-10-20(17)23)26-21-11-5-8-18-13-14-19-9-6-12-22(26)25(19)24(18)21/h3-16,23,26H,1-2H3. The fourth-order valence-electron chi connectivity index (χ4n) is 5.74. The molecule has 2 aliphatic rings. The molecule has 1 atom stereocenters. The van der Waals surface area contributed by atoms with Crippen LogP contribution < -0.4 is 0 Å². The second kappa shape index (κ2) is 5.21. The summed E-state index contributed by atoms with van der Waals surface area (Å²) in [5.74, 6) is 0. The molecule has 0 fully saturated rings. The summed E-state index contributed by atoms with van der Waals surface area (Å²) >= 11 is 0. The molecule has 0 aliphatic heterocycles. The van der Waals surface area contributed by atoms with Crippen molar-refractivity contribution in [3.8, 4) is 0 Å². The zero-order chi connectivity index (χ0) is 18.2. The smallest absolute Gasteiger partial charge is 0.0723 e. The van der Waals surface area contributed by atoms with E-state index in [4.69, 9.17) is 0 Å². The predicted molar refractivity (Wildman–Crippen MR) is 119 cm³/mol. The first-order chi connectivity index (χ1) is 13.2. The Morgan fingerprint density at radius 1 is 0.630 bits per heavy atom. The average molecular weight is 363 g/mol. The van der Waals surface area contributed by atoms with Gasteiger partial charge in [0, 0.05) is 5.54 Å². The Bertz CT molecular complexity index is 1200. The summed E-state index contributed by atoms with van der Waals surface area (Å²) in [4.78, 5) is 0. The molecule has 1 heteroatoms. The van der Waals surface area contributed by atoms with Crippen molar-refractivity contribution < 1.29 is 0 Å². The zero-order valence-electron chi connectivity index (χ0n) is 15.7. The molecule has 2 aliphatic carbocycles. The average Bonchev–Trinajstić information content (AvgIpc) is 3.27. The minimum atomic E-state index is -1.72. The highest BCUT2D eigenvalue weighted by Gasteiger charge is 2.45. The molecule has 0 amide bonds. The van der Waals surface area contributed by atoms with Gasteiger partial charge in [0.25, 0.3) is 0 Å². The highest BCUT2D eigenvalue weighted by Crippen LogP contribution is 2.53. The fraction of sp³-hybridized carbons (Fsp3) is 0.154. The van der Waals surface area contributed by atoms with Crippen molar-refractivity contribution in [2.45, 2.75) is 24.2 Å². The molecule has 130 valence electrons. The van der Waals surface area contributed by atoms with Crippen LogP contribution in [-0.2, 0) is 0 Å². The second-order valence-electron chi connectivity index (χ2n) is 8.68. The van der Waals surface area contributed by atoms with E-state index in [-0.39, 0.29) is 0 Å². The van der Waals surface area contributed by atoms with Gasteiger partial charge < -0.3 is 0 Å². The Balaban J connectivity index is 1.62. The number of fused-ring (bicyclic) bond motifs is 1. The summed E-state index contributed by atoms with van der Waals surface area (Å²) in [6.45, 7) is 5.19. The van der Waals surface area contributed by atoms with E-state index >= 15 is 0 Å². The molecule has 1 unspecified atom stereocenters. The van der Waals surface area contributed by atoms with Crippen molar-refractivity contribution in [3.63, 3.8) is 0 Å². The quantitative estimate of drug-likeness (QED) is 0.265. The SMILES string of the molecule is C[Si](C)(C1C=Cc2ccccc21)C1c2cccc3ccc4cccc1c4c23. The van der Waals surface area contributed by atoms with E-state index in [1.165, 1.54) is 32.7 Å². The Labute approximate surface area is 161 Å². The molecule has 0 bridgehead atoms. The lowest BCUT2D eigenvalue weighted by Gasteiger charge is -2.37. The molecule has 0 aromatic heterocycles. The van der Waals surface area contributed by atoms with Crippen LogP contribution in [0.15, 0.2) is 78.9 Å². The van der Waals surface area contributed by atoms with E-state index in [9.17, 15) is 0 Å². The summed E-state index contributed by atoms with van der Waals surface area (Å²) in [5.41, 5.74) is 7.18. The normalized spacial score (nSPS) is 18.1. The number of hydrogen-bond acceptors (Lipinski definition) is 0. The van der Waals surface area contributed by atoms with E-state index < -0.39 is 8.07 Å². The van der Waals surface area contributed by atoms with Crippen LogP contribution in [0.4, 0.5) is 0 Å². The monoisotopic (exact) mass is 362 g/mol. The number of rotatable bonds is 2. The van der Waals surface area contributed by atoms with Gasteiger partial charge in [-0.05, 0) is 49.3 Å². The van der Waals surface area contributed by atoms with Gasteiger partial charge in [-0.15, -0.1) is 0 Å². The molecule has 4 aromatic rings. The van der Waals surface area contributed by atoms with Crippen LogP contribution in [0.1, 0.15) is 33.3 Å². The Kier molecular flexibility index (Phi) is 2.97. The van der Waals surface area contributed by atoms with Crippen molar-refractivity contribution in [3.05, 3.63) is 101 Å². The summed E-state index contributed by atoms with van der Waals surface area (Å²) in [6, 6.07) is 27.4. The Morgan fingerprint density at radius 2 is 1.22 bits per heavy atom. The molecule has 0 spiro atoms. The lowest BCUT2D eigenvalue weighted by Crippen LogP contribution is -2.41. The number of benzene rings is 4.